The number of rotatable bonds is 5. The van der Waals surface area contributed by atoms with Gasteiger partial charge in [0.05, 0.1) is 18.0 Å². The van der Waals surface area contributed by atoms with Gasteiger partial charge in [-0.05, 0) is 33.8 Å². The van der Waals surface area contributed by atoms with Gasteiger partial charge in [-0.1, -0.05) is 0 Å². The van der Waals surface area contributed by atoms with Crippen molar-refractivity contribution in [1.82, 2.24) is 4.72 Å². The van der Waals surface area contributed by atoms with Crippen molar-refractivity contribution in [3.8, 4) is 0 Å². The van der Waals surface area contributed by atoms with Gasteiger partial charge in [0.15, 0.2) is 0 Å². The molecule has 1 unspecified atom stereocenters. The summed E-state index contributed by atoms with van der Waals surface area (Å²) in [5, 5.41) is 0. The molecule has 0 saturated heterocycles. The van der Waals surface area contributed by atoms with Gasteiger partial charge in [0.25, 0.3) is 0 Å². The molecule has 1 aromatic carbocycles. The summed E-state index contributed by atoms with van der Waals surface area (Å²) in [7, 11) is -3.71. The number of sulfonamides is 1. The summed E-state index contributed by atoms with van der Waals surface area (Å²) in [6, 6.07) is 0.950. The lowest BCUT2D eigenvalue weighted by atomic mass is 10.1. The first-order valence-corrected chi connectivity index (χ1v) is 9.50. The Bertz CT molecular complexity index is 645. The van der Waals surface area contributed by atoms with Crippen molar-refractivity contribution in [2.24, 2.45) is 0 Å². The molecule has 0 saturated carbocycles. The van der Waals surface area contributed by atoms with E-state index in [9.17, 15) is 21.8 Å². The predicted molar refractivity (Wildman–Crippen MR) is 84.3 cm³/mol. The molecule has 9 heteroatoms. The summed E-state index contributed by atoms with van der Waals surface area (Å²) in [5.41, 5.74) is -0.498. The Morgan fingerprint density at radius 3 is 2.23 bits per heavy atom. The van der Waals surface area contributed by atoms with E-state index in [0.29, 0.717) is 0 Å². The molecule has 0 spiro atoms. The second-order valence-corrected chi connectivity index (χ2v) is 9.69. The first-order chi connectivity index (χ1) is 9.81. The van der Waals surface area contributed by atoms with E-state index < -0.39 is 49.5 Å². The number of benzene rings is 1. The molecule has 126 valence electrons. The zero-order chi connectivity index (χ0) is 17.3. The van der Waals surface area contributed by atoms with Gasteiger partial charge in [0, 0.05) is 23.0 Å². The molecule has 0 bridgehead atoms. The van der Waals surface area contributed by atoms with Crippen molar-refractivity contribution >= 4 is 27.1 Å². The van der Waals surface area contributed by atoms with Crippen LogP contribution in [0.1, 0.15) is 39.3 Å². The van der Waals surface area contributed by atoms with Crippen molar-refractivity contribution in [3.05, 3.63) is 29.3 Å². The third-order valence-corrected chi connectivity index (χ3v) is 4.96. The van der Waals surface area contributed by atoms with Crippen LogP contribution in [-0.4, -0.2) is 24.0 Å². The zero-order valence-electron chi connectivity index (χ0n) is 13.0. The van der Waals surface area contributed by atoms with Gasteiger partial charge in [-0.15, -0.1) is 4.72 Å². The maximum atomic E-state index is 14.1. The minimum absolute atomic E-state index is 0.0332. The normalized spacial score (nSPS) is 15.5. The van der Waals surface area contributed by atoms with E-state index >= 15 is 0 Å². The molecule has 0 heterocycles. The summed E-state index contributed by atoms with van der Waals surface area (Å²) >= 11 is -1.45. The fraction of sp³-hybridized carbons (Fsp3) is 0.538. The lowest BCUT2D eigenvalue weighted by Gasteiger charge is -2.26. The topological polar surface area (TPSA) is 81.3 Å². The monoisotopic (exact) mass is 354 g/mol. The van der Waals surface area contributed by atoms with Crippen LogP contribution in [0.2, 0.25) is 0 Å². The number of hydrogen-bond donors (Lipinski definition) is 2. The second-order valence-electron chi connectivity index (χ2n) is 5.95. The molecule has 0 radical (unpaired) electrons. The van der Waals surface area contributed by atoms with Crippen molar-refractivity contribution in [2.45, 2.75) is 38.5 Å². The number of nitrogens with one attached hydrogen (secondary N) is 2. The standard InChI is InChI=1S/C13H20F2N2O3S2/c1-8(16-21(18)13(2,3)4)9-6-11(15)12(7-10(9)14)17-22(5,19)20/h6-8,16-17H,1-5H3/t8-,21?/m1/s1. The van der Waals surface area contributed by atoms with E-state index in [1.54, 1.807) is 27.7 Å². The highest BCUT2D eigenvalue weighted by Gasteiger charge is 2.29. The van der Waals surface area contributed by atoms with E-state index in [1.807, 2.05) is 4.72 Å². The average Bonchev–Trinajstić information content (AvgIpc) is 2.30. The molecule has 0 amide bonds. The van der Waals surface area contributed by atoms with Gasteiger partial charge in [-0.3, -0.25) is 4.72 Å². The highest BCUT2D eigenvalue weighted by atomic mass is 32.2. The Morgan fingerprint density at radius 1 is 1.23 bits per heavy atom. The summed E-state index contributed by atoms with van der Waals surface area (Å²) in [6.07, 6.45) is 0.842. The summed E-state index contributed by atoms with van der Waals surface area (Å²) in [6.45, 7) is 6.79. The molecule has 2 N–H and O–H groups in total. The van der Waals surface area contributed by atoms with Gasteiger partial charge in [0.2, 0.25) is 10.0 Å². The van der Waals surface area contributed by atoms with Gasteiger partial charge in [-0.2, -0.15) is 0 Å². The molecule has 2 atom stereocenters. The van der Waals surface area contributed by atoms with Crippen molar-refractivity contribution in [3.63, 3.8) is 0 Å². The van der Waals surface area contributed by atoms with Crippen LogP contribution < -0.4 is 9.44 Å². The van der Waals surface area contributed by atoms with Crippen LogP contribution in [0.4, 0.5) is 14.5 Å². The van der Waals surface area contributed by atoms with Crippen LogP contribution in [0.15, 0.2) is 12.1 Å². The first kappa shape index (κ1) is 19.1. The van der Waals surface area contributed by atoms with Crippen LogP contribution >= 0.6 is 0 Å². The lowest BCUT2D eigenvalue weighted by Crippen LogP contribution is -2.40. The van der Waals surface area contributed by atoms with E-state index in [0.717, 1.165) is 18.4 Å². The SMILES string of the molecule is C[C@@H](N[S+]([O-])C(C)(C)C)c1cc(F)c(NS(C)(=O)=O)cc1F. The Balaban J connectivity index is 3.05. The zero-order valence-corrected chi connectivity index (χ0v) is 14.7. The summed E-state index contributed by atoms with van der Waals surface area (Å²) in [4.78, 5) is 0. The molecule has 22 heavy (non-hydrogen) atoms. The molecule has 0 aliphatic rings. The third kappa shape index (κ3) is 5.38. The van der Waals surface area contributed by atoms with Gasteiger partial charge in [-0.25, -0.2) is 17.2 Å². The Labute approximate surface area is 132 Å². The Morgan fingerprint density at radius 2 is 1.77 bits per heavy atom. The number of hydrogen-bond acceptors (Lipinski definition) is 4. The predicted octanol–water partition coefficient (Wildman–Crippen LogP) is 2.45. The minimum atomic E-state index is -3.71. The molecule has 0 aliphatic carbocycles. The van der Waals surface area contributed by atoms with Crippen LogP contribution in [0.3, 0.4) is 0 Å². The van der Waals surface area contributed by atoms with E-state index in [4.69, 9.17) is 0 Å². The Kier molecular flexibility index (Phi) is 5.82. The highest BCUT2D eigenvalue weighted by molar-refractivity contribution is 7.92. The first-order valence-electron chi connectivity index (χ1n) is 6.46. The maximum Gasteiger partial charge on any atom is 0.229 e. The fourth-order valence-corrected chi connectivity index (χ4v) is 2.93. The van der Waals surface area contributed by atoms with Crippen molar-refractivity contribution in [2.75, 3.05) is 11.0 Å². The molecule has 0 fully saturated rings. The average molecular weight is 354 g/mol. The molecular weight excluding hydrogens is 334 g/mol. The van der Waals surface area contributed by atoms with E-state index in [2.05, 4.69) is 4.72 Å². The Hall–Kier alpha value is -0.900. The molecule has 1 aromatic rings. The minimum Gasteiger partial charge on any atom is -0.598 e. The molecule has 0 aromatic heterocycles. The molecule has 0 aliphatic heterocycles. The van der Waals surface area contributed by atoms with Crippen molar-refractivity contribution in [1.29, 1.82) is 0 Å². The molecule has 5 nitrogen and oxygen atoms in total. The quantitative estimate of drug-likeness (QED) is 0.796. The summed E-state index contributed by atoms with van der Waals surface area (Å²) in [5.74, 6) is -1.70. The van der Waals surface area contributed by atoms with E-state index in [-0.39, 0.29) is 5.56 Å². The fourth-order valence-electron chi connectivity index (χ4n) is 1.57. The molecular formula is C13H20F2N2O3S2. The van der Waals surface area contributed by atoms with Crippen molar-refractivity contribution < 1.29 is 21.8 Å². The smallest absolute Gasteiger partial charge is 0.229 e. The number of halogens is 2. The lowest BCUT2D eigenvalue weighted by molar-refractivity contribution is 0.519. The van der Waals surface area contributed by atoms with Crippen LogP contribution in [0.25, 0.3) is 0 Å². The third-order valence-electron chi connectivity index (χ3n) is 2.69. The van der Waals surface area contributed by atoms with Gasteiger partial charge < -0.3 is 4.55 Å². The maximum absolute atomic E-state index is 14.1. The largest absolute Gasteiger partial charge is 0.598 e. The van der Waals surface area contributed by atoms with Crippen LogP contribution in [-0.2, 0) is 21.4 Å². The van der Waals surface area contributed by atoms with Gasteiger partial charge in [0.1, 0.15) is 16.4 Å². The van der Waals surface area contributed by atoms with Crippen LogP contribution in [0.5, 0.6) is 0 Å². The molecule has 1 rings (SSSR count). The van der Waals surface area contributed by atoms with Gasteiger partial charge >= 0.3 is 0 Å². The highest BCUT2D eigenvalue weighted by Crippen LogP contribution is 2.26. The second kappa shape index (κ2) is 6.69. The summed E-state index contributed by atoms with van der Waals surface area (Å²) < 4.78 is 66.2. The van der Waals surface area contributed by atoms with Crippen LogP contribution in [0, 0.1) is 11.6 Å². The van der Waals surface area contributed by atoms with E-state index in [1.165, 1.54) is 0 Å². The number of anilines is 1.